The number of nitrogens with one attached hydrogen (secondary N) is 2. The molecule has 2 N–H and O–H groups in total. The first-order chi connectivity index (χ1) is 15.2. The highest BCUT2D eigenvalue weighted by Crippen LogP contribution is 2.27. The van der Waals surface area contributed by atoms with Crippen molar-refractivity contribution in [2.45, 2.75) is 44.0 Å². The Morgan fingerprint density at radius 1 is 0.938 bits per heavy atom. The van der Waals surface area contributed by atoms with Gasteiger partial charge in [0.25, 0.3) is 11.8 Å². The Morgan fingerprint density at radius 2 is 1.62 bits per heavy atom. The molecule has 2 fully saturated rings. The molecule has 8 heteroatoms. The lowest BCUT2D eigenvalue weighted by atomic mass is 9.94. The van der Waals surface area contributed by atoms with Gasteiger partial charge >= 0.3 is 0 Å². The van der Waals surface area contributed by atoms with Crippen molar-refractivity contribution in [3.63, 3.8) is 0 Å². The van der Waals surface area contributed by atoms with E-state index < -0.39 is 15.9 Å². The van der Waals surface area contributed by atoms with Crippen LogP contribution in [0, 0.1) is 11.8 Å². The Morgan fingerprint density at radius 3 is 2.31 bits per heavy atom. The number of carbonyl (C=O) groups is 2. The molecule has 7 nitrogen and oxygen atoms in total. The molecule has 1 saturated carbocycles. The van der Waals surface area contributed by atoms with Crippen LogP contribution in [-0.4, -0.2) is 43.7 Å². The van der Waals surface area contributed by atoms with Crippen LogP contribution in [0.3, 0.4) is 0 Å². The van der Waals surface area contributed by atoms with Crippen molar-refractivity contribution in [1.82, 2.24) is 9.62 Å². The van der Waals surface area contributed by atoms with E-state index >= 15 is 0 Å². The predicted molar refractivity (Wildman–Crippen MR) is 123 cm³/mol. The molecule has 2 amide bonds. The van der Waals surface area contributed by atoms with Crippen LogP contribution in [-0.2, 0) is 10.0 Å². The minimum Gasteiger partial charge on any atom is -0.349 e. The van der Waals surface area contributed by atoms with Crippen LogP contribution in [0.4, 0.5) is 5.69 Å². The molecule has 170 valence electrons. The maximum Gasteiger partial charge on any atom is 0.255 e. The first-order valence-corrected chi connectivity index (χ1v) is 12.5. The highest BCUT2D eigenvalue weighted by Gasteiger charge is 2.32. The summed E-state index contributed by atoms with van der Waals surface area (Å²) < 4.78 is 27.9. The van der Waals surface area contributed by atoms with E-state index in [-0.39, 0.29) is 22.4 Å². The van der Waals surface area contributed by atoms with Crippen LogP contribution in [0.2, 0.25) is 0 Å². The Labute approximate surface area is 189 Å². The zero-order valence-electron chi connectivity index (χ0n) is 18.4. The van der Waals surface area contributed by atoms with Gasteiger partial charge in [-0.15, -0.1) is 0 Å². The number of carbonyl (C=O) groups excluding carboxylic acids is 2. The topological polar surface area (TPSA) is 95.6 Å². The van der Waals surface area contributed by atoms with Crippen molar-refractivity contribution in [2.75, 3.05) is 18.4 Å². The summed E-state index contributed by atoms with van der Waals surface area (Å²) in [6, 6.07) is 13.1. The lowest BCUT2D eigenvalue weighted by Crippen LogP contribution is -2.42. The fourth-order valence-corrected chi connectivity index (χ4v) is 5.95. The molecule has 32 heavy (non-hydrogen) atoms. The zero-order valence-corrected chi connectivity index (χ0v) is 19.2. The van der Waals surface area contributed by atoms with Gasteiger partial charge in [0.05, 0.1) is 16.1 Å². The Bertz CT molecular complexity index is 1120. The van der Waals surface area contributed by atoms with Crippen LogP contribution in [0.5, 0.6) is 0 Å². The molecule has 2 atom stereocenters. The van der Waals surface area contributed by atoms with E-state index in [1.54, 1.807) is 36.4 Å². The number of nitrogens with zero attached hydrogens (tertiary/aromatic N) is 1. The van der Waals surface area contributed by atoms with Crippen molar-refractivity contribution >= 4 is 27.5 Å². The first kappa shape index (κ1) is 22.5. The molecule has 0 radical (unpaired) electrons. The van der Waals surface area contributed by atoms with Crippen LogP contribution >= 0.6 is 0 Å². The monoisotopic (exact) mass is 455 g/mol. The molecule has 0 aromatic heterocycles. The van der Waals surface area contributed by atoms with Crippen LogP contribution < -0.4 is 10.6 Å². The number of anilines is 1. The average molecular weight is 456 g/mol. The van der Waals surface area contributed by atoms with Gasteiger partial charge in [-0.25, -0.2) is 8.42 Å². The quantitative estimate of drug-likeness (QED) is 0.697. The largest absolute Gasteiger partial charge is 0.349 e. The molecule has 4 rings (SSSR count). The molecule has 1 aliphatic carbocycles. The second-order valence-electron chi connectivity index (χ2n) is 9.04. The molecule has 2 aliphatic rings. The molecule has 1 heterocycles. The summed E-state index contributed by atoms with van der Waals surface area (Å²) in [4.78, 5) is 25.5. The van der Waals surface area contributed by atoms with Crippen molar-refractivity contribution in [1.29, 1.82) is 0 Å². The van der Waals surface area contributed by atoms with Gasteiger partial charge < -0.3 is 10.6 Å². The number of hydrogen-bond donors (Lipinski definition) is 2. The van der Waals surface area contributed by atoms with E-state index in [9.17, 15) is 18.0 Å². The maximum atomic E-state index is 13.2. The van der Waals surface area contributed by atoms with Crippen LogP contribution in [0.25, 0.3) is 0 Å². The summed E-state index contributed by atoms with van der Waals surface area (Å²) >= 11 is 0. The molecule has 0 spiro atoms. The van der Waals surface area contributed by atoms with E-state index in [2.05, 4.69) is 24.5 Å². The third-order valence-corrected chi connectivity index (χ3v) is 7.73. The van der Waals surface area contributed by atoms with Gasteiger partial charge in [0.2, 0.25) is 10.0 Å². The fraction of sp³-hybridized carbons (Fsp3) is 0.417. The van der Waals surface area contributed by atoms with E-state index in [1.807, 2.05) is 0 Å². The molecular weight excluding hydrogens is 426 g/mol. The summed E-state index contributed by atoms with van der Waals surface area (Å²) in [6.07, 6.45) is 2.94. The second-order valence-corrected chi connectivity index (χ2v) is 11.0. The van der Waals surface area contributed by atoms with E-state index in [1.165, 1.54) is 16.4 Å². The lowest BCUT2D eigenvalue weighted by Gasteiger charge is -2.34. The number of amides is 2. The fourth-order valence-electron chi connectivity index (χ4n) is 4.22. The standard InChI is InChI=1S/C24H29N3O4S/c1-16-12-17(2)15-27(14-16)32(30,31)20-7-5-6-18(13-20)23(28)26-22-9-4-3-8-21(22)24(29)25-19-10-11-19/h3-9,13,16-17,19H,10-12,14-15H2,1-2H3,(H,25,29)(H,26,28). The van der Waals surface area contributed by atoms with Crippen LogP contribution in [0.1, 0.15) is 53.8 Å². The normalized spacial score (nSPS) is 21.7. The lowest BCUT2D eigenvalue weighted by molar-refractivity contribution is 0.0952. The second kappa shape index (κ2) is 9.03. The molecular formula is C24H29N3O4S. The Balaban J connectivity index is 1.54. The van der Waals surface area contributed by atoms with Crippen molar-refractivity contribution in [2.24, 2.45) is 11.8 Å². The zero-order chi connectivity index (χ0) is 22.9. The average Bonchev–Trinajstić information content (AvgIpc) is 3.57. The maximum absolute atomic E-state index is 13.2. The smallest absolute Gasteiger partial charge is 0.255 e. The first-order valence-electron chi connectivity index (χ1n) is 11.1. The highest BCUT2D eigenvalue weighted by molar-refractivity contribution is 7.89. The number of para-hydroxylation sites is 1. The van der Waals surface area contributed by atoms with Crippen molar-refractivity contribution in [3.8, 4) is 0 Å². The van der Waals surface area contributed by atoms with E-state index in [0.717, 1.165) is 19.3 Å². The summed E-state index contributed by atoms with van der Waals surface area (Å²) in [6.45, 7) is 5.07. The predicted octanol–water partition coefficient (Wildman–Crippen LogP) is 3.50. The highest BCUT2D eigenvalue weighted by atomic mass is 32.2. The molecule has 2 unspecified atom stereocenters. The van der Waals surface area contributed by atoms with E-state index in [4.69, 9.17) is 0 Å². The van der Waals surface area contributed by atoms with Gasteiger partial charge in [0.15, 0.2) is 0 Å². The number of piperidine rings is 1. The minimum absolute atomic E-state index is 0.103. The molecule has 2 aromatic carbocycles. The van der Waals surface area contributed by atoms with Gasteiger partial charge in [-0.2, -0.15) is 4.31 Å². The number of hydrogen-bond acceptors (Lipinski definition) is 4. The Kier molecular flexibility index (Phi) is 6.35. The van der Waals surface area contributed by atoms with Gasteiger partial charge in [-0.05, 0) is 61.4 Å². The van der Waals surface area contributed by atoms with Gasteiger partial charge in [-0.1, -0.05) is 32.0 Å². The molecule has 1 saturated heterocycles. The SMILES string of the molecule is CC1CC(C)CN(S(=O)(=O)c2cccc(C(=O)Nc3ccccc3C(=O)NC3CC3)c2)C1. The van der Waals surface area contributed by atoms with Gasteiger partial charge in [0.1, 0.15) is 0 Å². The third kappa shape index (κ3) is 5.02. The number of sulfonamides is 1. The summed E-state index contributed by atoms with van der Waals surface area (Å²) in [5, 5.41) is 5.69. The summed E-state index contributed by atoms with van der Waals surface area (Å²) in [7, 11) is -3.70. The van der Waals surface area contributed by atoms with Crippen LogP contribution in [0.15, 0.2) is 53.4 Å². The number of benzene rings is 2. The molecule has 2 aromatic rings. The summed E-state index contributed by atoms with van der Waals surface area (Å²) in [5.74, 6) is -0.112. The van der Waals surface area contributed by atoms with Crippen molar-refractivity contribution < 1.29 is 18.0 Å². The number of rotatable bonds is 6. The Hall–Kier alpha value is -2.71. The van der Waals surface area contributed by atoms with Gasteiger partial charge in [0, 0.05) is 24.7 Å². The minimum atomic E-state index is -3.70. The van der Waals surface area contributed by atoms with Gasteiger partial charge in [-0.3, -0.25) is 9.59 Å². The molecule has 1 aliphatic heterocycles. The molecule has 0 bridgehead atoms. The summed E-state index contributed by atoms with van der Waals surface area (Å²) in [5.41, 5.74) is 0.997. The third-order valence-electron chi connectivity index (χ3n) is 5.90. The van der Waals surface area contributed by atoms with Crippen molar-refractivity contribution in [3.05, 3.63) is 59.7 Å². The van der Waals surface area contributed by atoms with E-state index in [0.29, 0.717) is 36.2 Å².